The van der Waals surface area contributed by atoms with Crippen LogP contribution >= 0.6 is 27.5 Å². The molecule has 0 spiro atoms. The van der Waals surface area contributed by atoms with E-state index in [9.17, 15) is 9.90 Å². The predicted molar refractivity (Wildman–Crippen MR) is 90.0 cm³/mol. The third-order valence-corrected chi connectivity index (χ3v) is 4.87. The molecule has 22 heavy (non-hydrogen) atoms. The van der Waals surface area contributed by atoms with Crippen LogP contribution in [-0.4, -0.2) is 48.7 Å². The van der Waals surface area contributed by atoms with E-state index in [1.165, 1.54) is 13.2 Å². The van der Waals surface area contributed by atoms with Gasteiger partial charge in [-0.1, -0.05) is 18.5 Å². The van der Waals surface area contributed by atoms with Crippen LogP contribution in [-0.2, 0) is 0 Å². The number of methoxy groups -OCH3 is 1. The van der Waals surface area contributed by atoms with Crippen LogP contribution in [0.1, 0.15) is 30.1 Å². The number of hydrogen-bond acceptors (Lipinski definition) is 4. The molecule has 1 saturated heterocycles. The van der Waals surface area contributed by atoms with Crippen LogP contribution in [0, 0.1) is 0 Å². The molecule has 1 aromatic carbocycles. The summed E-state index contributed by atoms with van der Waals surface area (Å²) in [5.74, 6) is -0.378. The van der Waals surface area contributed by atoms with Crippen LogP contribution in [0.15, 0.2) is 10.5 Å². The van der Waals surface area contributed by atoms with E-state index in [0.717, 1.165) is 25.9 Å². The minimum absolute atomic E-state index is 0.0583. The summed E-state index contributed by atoms with van der Waals surface area (Å²) in [5.41, 5.74) is 0.0583. The first kappa shape index (κ1) is 17.4. The zero-order valence-electron chi connectivity index (χ0n) is 12.7. The zero-order chi connectivity index (χ0) is 16.3. The Hall–Kier alpha value is -0.980. The van der Waals surface area contributed by atoms with E-state index in [1.807, 2.05) is 0 Å². The van der Waals surface area contributed by atoms with E-state index in [0.29, 0.717) is 17.1 Å². The molecule has 2 rings (SSSR count). The number of carbonyl (C=O) groups excluding carboxylic acids is 1. The SMILES string of the molecule is CCN1CCC[C@H]1CNC(=O)c1c(O)c(Cl)cc(Br)c1OC. The number of ether oxygens (including phenoxy) is 1. The molecule has 1 aliphatic rings. The van der Waals surface area contributed by atoms with Gasteiger partial charge in [-0.15, -0.1) is 0 Å². The minimum atomic E-state index is -0.388. The van der Waals surface area contributed by atoms with Crippen LogP contribution < -0.4 is 10.1 Å². The molecule has 0 bridgehead atoms. The van der Waals surface area contributed by atoms with E-state index >= 15 is 0 Å². The summed E-state index contributed by atoms with van der Waals surface area (Å²) >= 11 is 9.23. The second kappa shape index (κ2) is 7.53. The average molecular weight is 392 g/mol. The number of nitrogens with one attached hydrogen (secondary N) is 1. The summed E-state index contributed by atoms with van der Waals surface area (Å²) in [6.45, 7) is 4.69. The van der Waals surface area contributed by atoms with Gasteiger partial charge in [-0.25, -0.2) is 0 Å². The maximum absolute atomic E-state index is 12.5. The van der Waals surface area contributed by atoms with E-state index in [2.05, 4.69) is 33.1 Å². The fourth-order valence-electron chi connectivity index (χ4n) is 2.84. The first-order valence-corrected chi connectivity index (χ1v) is 8.43. The van der Waals surface area contributed by atoms with E-state index in [-0.39, 0.29) is 28.0 Å². The fraction of sp³-hybridized carbons (Fsp3) is 0.533. The van der Waals surface area contributed by atoms with Crippen molar-refractivity contribution in [2.45, 2.75) is 25.8 Å². The van der Waals surface area contributed by atoms with E-state index in [1.54, 1.807) is 0 Å². The Morgan fingerprint density at radius 2 is 2.36 bits per heavy atom. The Labute approximate surface area is 143 Å². The molecular weight excluding hydrogens is 372 g/mol. The van der Waals surface area contributed by atoms with Gasteiger partial charge in [0.05, 0.1) is 16.6 Å². The first-order chi connectivity index (χ1) is 10.5. The van der Waals surface area contributed by atoms with Gasteiger partial charge in [-0.2, -0.15) is 0 Å². The van der Waals surface area contributed by atoms with Crippen LogP contribution in [0.2, 0.25) is 5.02 Å². The van der Waals surface area contributed by atoms with Gasteiger partial charge >= 0.3 is 0 Å². The number of benzene rings is 1. The minimum Gasteiger partial charge on any atom is -0.505 e. The number of phenols is 1. The molecule has 7 heteroatoms. The number of hydrogen-bond donors (Lipinski definition) is 2. The van der Waals surface area contributed by atoms with Crippen LogP contribution in [0.25, 0.3) is 0 Å². The normalized spacial score (nSPS) is 18.5. The third kappa shape index (κ3) is 3.50. The van der Waals surface area contributed by atoms with Crippen molar-refractivity contribution >= 4 is 33.4 Å². The molecule has 1 aromatic rings. The molecule has 0 aromatic heterocycles. The number of likely N-dealkylation sites (tertiary alicyclic amines) is 1. The smallest absolute Gasteiger partial charge is 0.258 e. The Bertz CT molecular complexity index is 568. The molecular formula is C15H20BrClN2O3. The lowest BCUT2D eigenvalue weighted by Gasteiger charge is -2.23. The van der Waals surface area contributed by atoms with Gasteiger partial charge in [0.15, 0.2) is 5.75 Å². The van der Waals surface area contributed by atoms with Crippen molar-refractivity contribution in [2.75, 3.05) is 26.7 Å². The van der Waals surface area contributed by atoms with Crippen molar-refractivity contribution in [1.82, 2.24) is 10.2 Å². The molecule has 0 aliphatic carbocycles. The van der Waals surface area contributed by atoms with Gasteiger partial charge in [0.2, 0.25) is 0 Å². The number of halogens is 2. The molecule has 1 heterocycles. The number of phenolic OH excluding ortho intramolecular Hbond substituents is 1. The summed E-state index contributed by atoms with van der Waals surface area (Å²) in [7, 11) is 1.44. The van der Waals surface area contributed by atoms with Crippen molar-refractivity contribution in [1.29, 1.82) is 0 Å². The Morgan fingerprint density at radius 1 is 1.64 bits per heavy atom. The van der Waals surface area contributed by atoms with E-state index < -0.39 is 0 Å². The topological polar surface area (TPSA) is 61.8 Å². The summed E-state index contributed by atoms with van der Waals surface area (Å²) in [6, 6.07) is 1.84. The molecule has 122 valence electrons. The highest BCUT2D eigenvalue weighted by atomic mass is 79.9. The molecule has 0 radical (unpaired) electrons. The first-order valence-electron chi connectivity index (χ1n) is 7.26. The number of carbonyl (C=O) groups is 1. The Kier molecular flexibility index (Phi) is 5.94. The standard InChI is InChI=1S/C15H20BrClN2O3/c1-3-19-6-4-5-9(19)8-18-15(21)12-13(20)11(17)7-10(16)14(12)22-2/h7,9,20H,3-6,8H2,1-2H3,(H,18,21)/t9-/m0/s1. The van der Waals surface area contributed by atoms with Gasteiger partial charge in [0.25, 0.3) is 5.91 Å². The maximum Gasteiger partial charge on any atom is 0.258 e. The fourth-order valence-corrected chi connectivity index (χ4v) is 3.77. The third-order valence-electron chi connectivity index (χ3n) is 4.00. The second-order valence-corrected chi connectivity index (χ2v) is 6.49. The number of amides is 1. The molecule has 1 atom stereocenters. The van der Waals surface area contributed by atoms with Crippen molar-refractivity contribution in [3.05, 3.63) is 21.1 Å². The molecule has 2 N–H and O–H groups in total. The van der Waals surface area contributed by atoms with Gasteiger partial charge in [0.1, 0.15) is 11.3 Å². The average Bonchev–Trinajstić information content (AvgIpc) is 2.95. The number of likely N-dealkylation sites (N-methyl/N-ethyl adjacent to an activating group) is 1. The summed E-state index contributed by atoms with van der Waals surface area (Å²) < 4.78 is 5.74. The zero-order valence-corrected chi connectivity index (χ0v) is 15.0. The van der Waals surface area contributed by atoms with Gasteiger partial charge in [0, 0.05) is 12.6 Å². The van der Waals surface area contributed by atoms with E-state index in [4.69, 9.17) is 16.3 Å². The summed E-state index contributed by atoms with van der Waals surface area (Å²) in [5, 5.41) is 13.1. The van der Waals surface area contributed by atoms with Crippen LogP contribution in [0.4, 0.5) is 0 Å². The number of nitrogens with zero attached hydrogens (tertiary/aromatic N) is 1. The highest BCUT2D eigenvalue weighted by molar-refractivity contribution is 9.10. The Balaban J connectivity index is 2.16. The molecule has 5 nitrogen and oxygen atoms in total. The highest BCUT2D eigenvalue weighted by Gasteiger charge is 2.26. The lowest BCUT2D eigenvalue weighted by molar-refractivity contribution is 0.0935. The van der Waals surface area contributed by atoms with Crippen molar-refractivity contribution in [3.63, 3.8) is 0 Å². The Morgan fingerprint density at radius 3 is 3.00 bits per heavy atom. The molecule has 1 amide bonds. The van der Waals surface area contributed by atoms with Crippen molar-refractivity contribution < 1.29 is 14.6 Å². The molecule has 0 unspecified atom stereocenters. The van der Waals surface area contributed by atoms with Gasteiger partial charge in [-0.05, 0) is 47.9 Å². The number of rotatable bonds is 5. The van der Waals surface area contributed by atoms with Gasteiger partial charge < -0.3 is 15.2 Å². The monoisotopic (exact) mass is 390 g/mol. The molecule has 0 saturated carbocycles. The number of aromatic hydroxyl groups is 1. The van der Waals surface area contributed by atoms with Gasteiger partial charge in [-0.3, -0.25) is 9.69 Å². The predicted octanol–water partition coefficient (Wildman–Crippen LogP) is 3.03. The lowest BCUT2D eigenvalue weighted by atomic mass is 10.1. The van der Waals surface area contributed by atoms with Crippen molar-refractivity contribution in [3.8, 4) is 11.5 Å². The quantitative estimate of drug-likeness (QED) is 0.810. The van der Waals surface area contributed by atoms with Crippen molar-refractivity contribution in [2.24, 2.45) is 0 Å². The lowest BCUT2D eigenvalue weighted by Crippen LogP contribution is -2.40. The maximum atomic E-state index is 12.5. The molecule has 1 fully saturated rings. The summed E-state index contributed by atoms with van der Waals surface area (Å²) in [4.78, 5) is 14.8. The molecule has 1 aliphatic heterocycles. The largest absolute Gasteiger partial charge is 0.505 e. The summed E-state index contributed by atoms with van der Waals surface area (Å²) in [6.07, 6.45) is 2.21. The van der Waals surface area contributed by atoms with Crippen LogP contribution in [0.5, 0.6) is 11.5 Å². The highest BCUT2D eigenvalue weighted by Crippen LogP contribution is 2.40. The second-order valence-electron chi connectivity index (χ2n) is 5.23. The van der Waals surface area contributed by atoms with Crippen LogP contribution in [0.3, 0.4) is 0 Å².